The number of ether oxygens (including phenoxy) is 1. The molecular formula is C27H25N3O2S2. The van der Waals surface area contributed by atoms with Crippen molar-refractivity contribution in [2.24, 2.45) is 0 Å². The van der Waals surface area contributed by atoms with Crippen molar-refractivity contribution in [2.75, 3.05) is 13.2 Å². The third kappa shape index (κ3) is 4.90. The van der Waals surface area contributed by atoms with Gasteiger partial charge in [-0.25, -0.2) is 4.98 Å². The van der Waals surface area contributed by atoms with Gasteiger partial charge in [0.1, 0.15) is 10.8 Å². The molecule has 0 fully saturated rings. The molecule has 7 heteroatoms. The average molecular weight is 488 g/mol. The molecule has 0 aliphatic carbocycles. The number of carbonyl (C=O) groups excluding carboxylic acids is 1. The molecule has 0 saturated heterocycles. The maximum atomic E-state index is 12.8. The molecule has 5 aromatic rings. The summed E-state index contributed by atoms with van der Waals surface area (Å²) in [7, 11) is 0. The van der Waals surface area contributed by atoms with E-state index in [1.807, 2.05) is 48.7 Å². The summed E-state index contributed by atoms with van der Waals surface area (Å²) in [5.74, 6) is 0.915. The van der Waals surface area contributed by atoms with Crippen LogP contribution in [0, 0.1) is 0 Å². The maximum Gasteiger partial charge on any atom is 0.226 e. The third-order valence-corrected chi connectivity index (χ3v) is 7.62. The van der Waals surface area contributed by atoms with E-state index in [1.165, 1.54) is 15.8 Å². The number of aromatic amines is 1. The van der Waals surface area contributed by atoms with E-state index >= 15 is 0 Å². The summed E-state index contributed by atoms with van der Waals surface area (Å²) >= 11 is 3.26. The minimum atomic E-state index is -0.0232. The number of rotatable bonds is 9. The van der Waals surface area contributed by atoms with Crippen molar-refractivity contribution in [1.29, 1.82) is 0 Å². The van der Waals surface area contributed by atoms with E-state index in [2.05, 4.69) is 51.1 Å². The van der Waals surface area contributed by atoms with Gasteiger partial charge in [-0.05, 0) is 54.3 Å². The van der Waals surface area contributed by atoms with Crippen molar-refractivity contribution in [2.45, 2.75) is 19.3 Å². The van der Waals surface area contributed by atoms with Crippen LogP contribution in [0.15, 0.2) is 77.6 Å². The minimum absolute atomic E-state index is 0.0232. The van der Waals surface area contributed by atoms with Crippen molar-refractivity contribution in [3.05, 3.63) is 93.8 Å². The van der Waals surface area contributed by atoms with Crippen LogP contribution in [0.5, 0.6) is 5.75 Å². The first kappa shape index (κ1) is 22.4. The molecule has 3 aromatic heterocycles. The molecule has 5 rings (SSSR count). The van der Waals surface area contributed by atoms with E-state index < -0.39 is 0 Å². The normalized spacial score (nSPS) is 12.0. The molecule has 0 saturated carbocycles. The summed E-state index contributed by atoms with van der Waals surface area (Å²) in [6, 6.07) is 20.4. The zero-order valence-electron chi connectivity index (χ0n) is 18.8. The SMILES string of the molecule is CCOc1ccc(-c2nc(CC(=O)NCC(c3cccs3)c3c[nH]c4ccccc34)cs2)cc1. The number of H-pyrrole nitrogens is 1. The highest BCUT2D eigenvalue weighted by atomic mass is 32.1. The van der Waals surface area contributed by atoms with Gasteiger partial charge in [0.15, 0.2) is 0 Å². The van der Waals surface area contributed by atoms with Gasteiger partial charge in [0, 0.05) is 45.4 Å². The number of nitrogens with one attached hydrogen (secondary N) is 2. The quantitative estimate of drug-likeness (QED) is 0.259. The highest BCUT2D eigenvalue weighted by molar-refractivity contribution is 7.13. The topological polar surface area (TPSA) is 67.0 Å². The van der Waals surface area contributed by atoms with Crippen LogP contribution in [0.3, 0.4) is 0 Å². The fourth-order valence-electron chi connectivity index (χ4n) is 4.06. The van der Waals surface area contributed by atoms with Gasteiger partial charge in [0.25, 0.3) is 0 Å². The number of thiazole rings is 1. The predicted octanol–water partition coefficient (Wildman–Crippen LogP) is 6.24. The van der Waals surface area contributed by atoms with Crippen LogP contribution < -0.4 is 10.1 Å². The van der Waals surface area contributed by atoms with Gasteiger partial charge in [0.05, 0.1) is 18.7 Å². The van der Waals surface area contributed by atoms with Crippen molar-refractivity contribution < 1.29 is 9.53 Å². The molecule has 0 spiro atoms. The summed E-state index contributed by atoms with van der Waals surface area (Å²) in [5, 5.41) is 9.28. The molecule has 0 bridgehead atoms. The molecular weight excluding hydrogens is 462 g/mol. The lowest BCUT2D eigenvalue weighted by atomic mass is 9.96. The number of hydrogen-bond acceptors (Lipinski definition) is 5. The molecule has 1 atom stereocenters. The number of thiophene rings is 1. The Hall–Kier alpha value is -3.42. The lowest BCUT2D eigenvalue weighted by molar-refractivity contribution is -0.120. The Morgan fingerprint density at radius 2 is 1.94 bits per heavy atom. The molecule has 0 aliphatic heterocycles. The van der Waals surface area contributed by atoms with Crippen LogP contribution in [-0.2, 0) is 11.2 Å². The van der Waals surface area contributed by atoms with Gasteiger partial charge in [-0.2, -0.15) is 0 Å². The highest BCUT2D eigenvalue weighted by Crippen LogP contribution is 2.33. The van der Waals surface area contributed by atoms with Crippen LogP contribution in [0.4, 0.5) is 0 Å². The number of para-hydroxylation sites is 1. The number of aromatic nitrogens is 2. The summed E-state index contributed by atoms with van der Waals surface area (Å²) in [5.41, 5.74) is 4.11. The Kier molecular flexibility index (Phi) is 6.74. The van der Waals surface area contributed by atoms with Gasteiger partial charge >= 0.3 is 0 Å². The van der Waals surface area contributed by atoms with Crippen molar-refractivity contribution >= 4 is 39.5 Å². The minimum Gasteiger partial charge on any atom is -0.494 e. The zero-order valence-corrected chi connectivity index (χ0v) is 20.4. The Balaban J connectivity index is 1.26. The molecule has 1 unspecified atom stereocenters. The zero-order chi connectivity index (χ0) is 23.3. The van der Waals surface area contributed by atoms with E-state index in [4.69, 9.17) is 4.74 Å². The summed E-state index contributed by atoms with van der Waals surface area (Å²) < 4.78 is 5.51. The Bertz CT molecular complexity index is 1370. The highest BCUT2D eigenvalue weighted by Gasteiger charge is 2.20. The van der Waals surface area contributed by atoms with Crippen LogP contribution in [-0.4, -0.2) is 29.0 Å². The second kappa shape index (κ2) is 10.2. The Morgan fingerprint density at radius 3 is 2.74 bits per heavy atom. The third-order valence-electron chi connectivity index (χ3n) is 5.69. The molecule has 1 amide bonds. The van der Waals surface area contributed by atoms with Gasteiger partial charge < -0.3 is 15.0 Å². The van der Waals surface area contributed by atoms with Crippen LogP contribution in [0.2, 0.25) is 0 Å². The van der Waals surface area contributed by atoms with Gasteiger partial charge in [-0.3, -0.25) is 4.79 Å². The molecule has 2 aromatic carbocycles. The van der Waals surface area contributed by atoms with Crippen LogP contribution in [0.25, 0.3) is 21.5 Å². The van der Waals surface area contributed by atoms with E-state index in [-0.39, 0.29) is 18.2 Å². The second-order valence-corrected chi connectivity index (χ2v) is 9.78. The molecule has 0 radical (unpaired) electrons. The number of benzene rings is 2. The van der Waals surface area contributed by atoms with Gasteiger partial charge in [0.2, 0.25) is 5.91 Å². The smallest absolute Gasteiger partial charge is 0.226 e. The lowest BCUT2D eigenvalue weighted by Gasteiger charge is -2.16. The van der Waals surface area contributed by atoms with E-state index in [0.717, 1.165) is 27.5 Å². The Labute approximate surface area is 206 Å². The average Bonchev–Trinajstić information content (AvgIpc) is 3.62. The van der Waals surface area contributed by atoms with Gasteiger partial charge in [-0.15, -0.1) is 22.7 Å². The largest absolute Gasteiger partial charge is 0.494 e. The lowest BCUT2D eigenvalue weighted by Crippen LogP contribution is -2.30. The van der Waals surface area contributed by atoms with Crippen molar-refractivity contribution in [1.82, 2.24) is 15.3 Å². The van der Waals surface area contributed by atoms with Crippen LogP contribution in [0.1, 0.15) is 29.0 Å². The van der Waals surface area contributed by atoms with E-state index in [9.17, 15) is 4.79 Å². The summed E-state index contributed by atoms with van der Waals surface area (Å²) in [6.07, 6.45) is 2.32. The molecule has 5 nitrogen and oxygen atoms in total. The number of carbonyl (C=O) groups is 1. The molecule has 172 valence electrons. The molecule has 0 aliphatic rings. The maximum absolute atomic E-state index is 12.8. The van der Waals surface area contributed by atoms with Crippen molar-refractivity contribution in [3.63, 3.8) is 0 Å². The van der Waals surface area contributed by atoms with Gasteiger partial charge in [-0.1, -0.05) is 24.3 Å². The van der Waals surface area contributed by atoms with E-state index in [1.54, 1.807) is 22.7 Å². The fourth-order valence-corrected chi connectivity index (χ4v) is 5.73. The number of amides is 1. The molecule has 3 heterocycles. The first-order valence-corrected chi connectivity index (χ1v) is 13.0. The number of nitrogens with zero attached hydrogens (tertiary/aromatic N) is 1. The molecule has 34 heavy (non-hydrogen) atoms. The first-order valence-electron chi connectivity index (χ1n) is 11.2. The monoisotopic (exact) mass is 487 g/mol. The summed E-state index contributed by atoms with van der Waals surface area (Å²) in [6.45, 7) is 3.15. The number of hydrogen-bond donors (Lipinski definition) is 2. The first-order chi connectivity index (χ1) is 16.7. The van der Waals surface area contributed by atoms with E-state index in [0.29, 0.717) is 13.2 Å². The Morgan fingerprint density at radius 1 is 1.09 bits per heavy atom. The number of fused-ring (bicyclic) bond motifs is 1. The van der Waals surface area contributed by atoms with Crippen molar-refractivity contribution in [3.8, 4) is 16.3 Å². The fraction of sp³-hybridized carbons (Fsp3) is 0.185. The van der Waals surface area contributed by atoms with Crippen LogP contribution >= 0.6 is 22.7 Å². The second-order valence-electron chi connectivity index (χ2n) is 7.94. The molecule has 2 N–H and O–H groups in total. The summed E-state index contributed by atoms with van der Waals surface area (Å²) in [4.78, 5) is 22.1. The predicted molar refractivity (Wildman–Crippen MR) is 140 cm³/mol. The standard InChI is InChI=1S/C27H25N3O2S2/c1-2-32-20-11-9-18(10-12-20)27-30-19(17-34-27)14-26(31)29-16-23(25-8-5-13-33-25)22-15-28-24-7-4-3-6-21(22)24/h3-13,15,17,23,28H,2,14,16H2,1H3,(H,29,31).